The van der Waals surface area contributed by atoms with Crippen molar-refractivity contribution in [3.63, 3.8) is 0 Å². The zero-order valence-corrected chi connectivity index (χ0v) is 69.6. The van der Waals surface area contributed by atoms with Crippen molar-refractivity contribution in [1.82, 2.24) is 98.8 Å². The van der Waals surface area contributed by atoms with E-state index in [-0.39, 0.29) is 35.4 Å². The number of morpholine rings is 1. The first kappa shape index (κ1) is 85.9. The molecule has 8 aromatic heterocycles. The molecule has 0 amide bonds. The Hall–Kier alpha value is -14.5. The number of phenolic OH excluding ortho intramolecular Hbond substituents is 1. The molecule has 2 saturated heterocycles. The number of rotatable bonds is 26. The average molecular weight is 1710 g/mol. The fourth-order valence-electron chi connectivity index (χ4n) is 13.8. The SMILES string of the molecule is COc1cc(OCCN2CCOCC2)c(OC)cc1Nc1nc(N)n(-c2ccccn2)n1.COc1ccccc1Nc1nc(N)n(-c2cc(NC3CCCCC3)nc(C)n2)n1.COc1ccccc1Nc1nc(N)n(-c2cc(NC3CCN(Cc4ccccc4)CC3)nc(C)n2)n1.Nc1nc(Nc2cc(O)cc(C(F)(F)F)c2)nn1-c1nc2ccccc2s1. The number of ether oxygens (including phenoxy) is 6. The molecule has 1 saturated carbocycles. The number of alkyl halides is 3. The van der Waals surface area contributed by atoms with E-state index in [0.29, 0.717) is 111 Å². The summed E-state index contributed by atoms with van der Waals surface area (Å²) in [5, 5.41) is 46.7. The molecule has 17 rings (SSSR count). The maximum absolute atomic E-state index is 12.9. The first-order valence-corrected chi connectivity index (χ1v) is 40.6. The first-order chi connectivity index (χ1) is 60.2. The zero-order chi connectivity index (χ0) is 86.6. The second-order valence-corrected chi connectivity index (χ2v) is 29.6. The van der Waals surface area contributed by atoms with Crippen LogP contribution < -0.4 is 78.5 Å². The largest absolute Gasteiger partial charge is 0.508 e. The number of piperidine rings is 1. The molecular weight excluding hydrogens is 1620 g/mol. The summed E-state index contributed by atoms with van der Waals surface area (Å²) >= 11 is 1.35. The van der Waals surface area contributed by atoms with E-state index in [1.165, 1.54) is 54.9 Å². The number of nitrogen functional groups attached to an aromatic ring is 4. The molecule has 41 heteroatoms. The summed E-state index contributed by atoms with van der Waals surface area (Å²) < 4.78 is 78.5. The monoisotopic (exact) mass is 1710 g/mol. The number of para-hydroxylation sites is 5. The third kappa shape index (κ3) is 22.6. The number of benzene rings is 6. The van der Waals surface area contributed by atoms with Crippen molar-refractivity contribution in [1.29, 1.82) is 0 Å². The van der Waals surface area contributed by atoms with E-state index in [9.17, 15) is 18.3 Å². The van der Waals surface area contributed by atoms with Crippen LogP contribution in [0.4, 0.5) is 95.1 Å². The van der Waals surface area contributed by atoms with Crippen molar-refractivity contribution in [3.8, 4) is 57.1 Å². The van der Waals surface area contributed by atoms with E-state index in [4.69, 9.17) is 51.4 Å². The molecule has 0 bridgehead atoms. The molecule has 0 unspecified atom stereocenters. The van der Waals surface area contributed by atoms with Gasteiger partial charge >= 0.3 is 6.18 Å². The van der Waals surface area contributed by atoms with Gasteiger partial charge in [0.1, 0.15) is 52.9 Å². The number of hydrogen-bond donors (Lipinski definition) is 11. The Balaban J connectivity index is 0.000000135. The molecule has 0 radical (unpaired) electrons. The predicted molar refractivity (Wildman–Crippen MR) is 468 cm³/mol. The lowest BCUT2D eigenvalue weighted by atomic mass is 9.95. The lowest BCUT2D eigenvalue weighted by Crippen LogP contribution is -2.38. The smallest absolute Gasteiger partial charge is 0.416 e. The number of pyridine rings is 1. The highest BCUT2D eigenvalue weighted by atomic mass is 32.1. The number of likely N-dealkylation sites (tertiary alicyclic amines) is 1. The number of methoxy groups -OCH3 is 4. The molecule has 1 aliphatic carbocycles. The van der Waals surface area contributed by atoms with Gasteiger partial charge in [-0.1, -0.05) is 103 Å². The number of hydrogen-bond acceptors (Lipinski definition) is 34. The summed E-state index contributed by atoms with van der Waals surface area (Å²) in [7, 11) is 6.41. The van der Waals surface area contributed by atoms with Crippen LogP contribution in [0.3, 0.4) is 0 Å². The summed E-state index contributed by atoms with van der Waals surface area (Å²) in [6.45, 7) is 11.5. The van der Waals surface area contributed by atoms with Crippen LogP contribution >= 0.6 is 11.3 Å². The Morgan fingerprint density at radius 3 is 1.56 bits per heavy atom. The third-order valence-electron chi connectivity index (χ3n) is 19.8. The van der Waals surface area contributed by atoms with Gasteiger partial charge in [-0.15, -0.1) is 20.4 Å². The van der Waals surface area contributed by atoms with E-state index < -0.39 is 17.5 Å². The number of phenols is 1. The zero-order valence-electron chi connectivity index (χ0n) is 68.8. The predicted octanol–water partition coefficient (Wildman–Crippen LogP) is 12.9. The number of aromatic nitrogens is 18. The summed E-state index contributed by atoms with van der Waals surface area (Å²) in [5.74, 6) is 8.78. The van der Waals surface area contributed by atoms with Gasteiger partial charge in [0.2, 0.25) is 52.7 Å². The van der Waals surface area contributed by atoms with E-state index in [2.05, 4.69) is 142 Å². The van der Waals surface area contributed by atoms with Crippen molar-refractivity contribution < 1.29 is 46.7 Å². The van der Waals surface area contributed by atoms with Crippen LogP contribution in [0.5, 0.6) is 34.5 Å². The minimum Gasteiger partial charge on any atom is -0.508 e. The molecule has 0 atom stereocenters. The summed E-state index contributed by atoms with van der Waals surface area (Å²) in [6.07, 6.45) is 5.30. The minimum atomic E-state index is -4.60. The molecule has 0 spiro atoms. The Bertz CT molecular complexity index is 5830. The van der Waals surface area contributed by atoms with E-state index in [0.717, 1.165) is 124 Å². The molecule has 3 fully saturated rings. The summed E-state index contributed by atoms with van der Waals surface area (Å²) in [5.41, 5.74) is 27.4. The van der Waals surface area contributed by atoms with E-state index >= 15 is 0 Å². The Morgan fingerprint density at radius 2 is 0.992 bits per heavy atom. The van der Waals surface area contributed by atoms with E-state index in [1.807, 2.05) is 111 Å². The molecule has 646 valence electrons. The molecule has 2 aliphatic heterocycles. The average Bonchev–Trinajstić information content (AvgIpc) is 1.66. The van der Waals surface area contributed by atoms with Crippen molar-refractivity contribution in [2.75, 3.05) is 136 Å². The Kier molecular flexibility index (Phi) is 27.9. The van der Waals surface area contributed by atoms with Crippen LogP contribution in [0.2, 0.25) is 0 Å². The Morgan fingerprint density at radius 1 is 0.476 bits per heavy atom. The number of nitrogens with one attached hydrogen (secondary N) is 6. The van der Waals surface area contributed by atoms with Crippen LogP contribution in [0.1, 0.15) is 67.7 Å². The Labute approximate surface area is 714 Å². The van der Waals surface area contributed by atoms with Crippen molar-refractivity contribution in [3.05, 3.63) is 193 Å². The van der Waals surface area contributed by atoms with Gasteiger partial charge in [-0.25, -0.2) is 29.9 Å². The summed E-state index contributed by atoms with van der Waals surface area (Å²) in [6, 6.07) is 49.3. The molecule has 37 nitrogen and oxygen atoms in total. The number of anilines is 14. The second-order valence-electron chi connectivity index (χ2n) is 28.6. The van der Waals surface area contributed by atoms with Crippen molar-refractivity contribution in [2.24, 2.45) is 0 Å². The van der Waals surface area contributed by atoms with Crippen molar-refractivity contribution in [2.45, 2.75) is 83.6 Å². The number of halogens is 3. The van der Waals surface area contributed by atoms with Crippen LogP contribution in [-0.4, -0.2) is 197 Å². The van der Waals surface area contributed by atoms with Gasteiger partial charge in [0.15, 0.2) is 29.0 Å². The molecule has 10 heterocycles. The van der Waals surface area contributed by atoms with E-state index in [1.54, 1.807) is 52.8 Å². The van der Waals surface area contributed by atoms with Gasteiger partial charge in [0.05, 0.1) is 74.5 Å². The number of nitrogens with two attached hydrogens (primary N) is 4. The minimum absolute atomic E-state index is 0.0211. The molecule has 6 aromatic carbocycles. The van der Waals surface area contributed by atoms with Gasteiger partial charge in [-0.05, 0) is 106 Å². The first-order valence-electron chi connectivity index (χ1n) is 39.8. The third-order valence-corrected chi connectivity index (χ3v) is 20.8. The lowest BCUT2D eigenvalue weighted by Gasteiger charge is -2.32. The molecule has 14 aromatic rings. The molecule has 124 heavy (non-hydrogen) atoms. The van der Waals surface area contributed by atoms with Crippen LogP contribution in [0, 0.1) is 13.8 Å². The van der Waals surface area contributed by atoms with Gasteiger partial charge in [0, 0.05) is 93.6 Å². The number of nitrogens with zero attached hydrogens (tertiary/aromatic N) is 20. The summed E-state index contributed by atoms with van der Waals surface area (Å²) in [4.78, 5) is 48.5. The highest BCUT2D eigenvalue weighted by Crippen LogP contribution is 2.41. The van der Waals surface area contributed by atoms with Gasteiger partial charge in [-0.3, -0.25) is 9.80 Å². The second kappa shape index (κ2) is 40.3. The van der Waals surface area contributed by atoms with Crippen LogP contribution in [-0.2, 0) is 17.5 Å². The molecule has 3 aliphatic rings. The number of aromatic hydroxyl groups is 1. The maximum atomic E-state index is 12.9. The fourth-order valence-corrected chi connectivity index (χ4v) is 14.7. The fraction of sp³-hybridized carbons (Fsp3) is 0.301. The normalized spacial score (nSPS) is 13.8. The van der Waals surface area contributed by atoms with Gasteiger partial charge < -0.3 is 88.4 Å². The maximum Gasteiger partial charge on any atom is 0.416 e. The quantitative estimate of drug-likeness (QED) is 0.0240. The van der Waals surface area contributed by atoms with Crippen molar-refractivity contribution >= 4 is 104 Å². The lowest BCUT2D eigenvalue weighted by molar-refractivity contribution is -0.137. The highest BCUT2D eigenvalue weighted by Gasteiger charge is 2.32. The number of aryl methyl sites for hydroxylation is 2. The topological polar surface area (TPSA) is 459 Å². The number of fused-ring (bicyclic) bond motifs is 1. The molecule has 15 N–H and O–H groups in total. The molecular formula is C83H95F3N30O7S. The highest BCUT2D eigenvalue weighted by molar-refractivity contribution is 7.20. The number of thiazole rings is 1. The van der Waals surface area contributed by atoms with Crippen LogP contribution in [0.15, 0.2) is 170 Å². The van der Waals surface area contributed by atoms with Gasteiger partial charge in [0.25, 0.3) is 0 Å². The van der Waals surface area contributed by atoms with Gasteiger partial charge in [-0.2, -0.15) is 51.8 Å². The standard InChI is InChI=1S/C26H31N9O.C21H27N7O4.C20H26N8O.C16H11F3N6OS/c1-18-28-23(30-20-12-14-34(15-13-20)17-19-8-4-3-5-9-19)16-24(29-18)35-25(27)32-26(33-35)31-21-10-6-7-11-22(21)36-2;1-29-16-14-18(32-12-9-27-7-10-31-11-8-27)17(30-2)13-15(16)24-21-25-20(22)28(26-21)19-5-3-4-6-23-19;1-13-22-17(24-14-8-4-3-5-9-14)12-18(23-13)28-19(21)26-20(27-28)25-15-10-6-7-11-16(15)29-2;17-16(18,19)8-5-9(7-10(26)6-8)21-14-23-13(20)25(24-14)15-22-11-3-1-2-4-12(11)27-15/h3-11,16,20H,12-15,17H2,1-2H3,(H,28,29,30)(H3,27,31,32,33);3-6,13-14H,7-12H2,1-2H3,(H3,22,24,25,26);6-7,10-12,14H,3-5,8-9H2,1-2H3,(H,22,23,24)(H3,21,25,26,27);1-7,26H,(H3,20,21,23,24). The van der Waals surface area contributed by atoms with Crippen LogP contribution in [0.25, 0.3) is 32.8 Å².